The third-order valence-electron chi connectivity index (χ3n) is 16.0. The minimum atomic E-state index is -0.0272. The number of benzene rings is 2. The highest BCUT2D eigenvalue weighted by Gasteiger charge is 2.41. The summed E-state index contributed by atoms with van der Waals surface area (Å²) in [4.78, 5) is 57.4. The van der Waals surface area contributed by atoms with Gasteiger partial charge in [-0.15, -0.1) is 0 Å². The normalized spacial score (nSPS) is 22.8. The first-order valence-corrected chi connectivity index (χ1v) is 24.6. The Labute approximate surface area is 393 Å². The highest BCUT2D eigenvalue weighted by molar-refractivity contribution is 6.01. The topological polar surface area (TPSA) is 158 Å². The molecular weight excluding hydrogens is 855 g/mol. The van der Waals surface area contributed by atoms with Crippen LogP contribution in [-0.2, 0) is 27.2 Å². The summed E-state index contributed by atoms with van der Waals surface area (Å²) in [7, 11) is 5.73. The molecule has 348 valence electrons. The van der Waals surface area contributed by atoms with Crippen LogP contribution in [0.3, 0.4) is 0 Å². The number of aromatic nitrogens is 9. The SMILES string of the molecule is CCn1c(-c2nc3cc(C(=O)N4CCC5CC(c6ncc7cc(-c8nc9cc(C(=O)N%10CCC%11CCNC%11C%10)cc(OC)c9n8C)n(CC8CC8)c7n6)NC5C4)ccc3n2C)cc2cccnc21. The van der Waals surface area contributed by atoms with Gasteiger partial charge in [0.15, 0.2) is 11.6 Å². The van der Waals surface area contributed by atoms with Gasteiger partial charge in [-0.2, -0.15) is 0 Å². The standard InChI is InChI=1S/C52H57N13O3/c1-5-64-42(22-32-7-6-15-54-47(32)64)49-57-36-20-33(10-11-41(36)60(49)2)51(66)63-18-14-31-19-38(56-40(31)28-63)46-55-25-35-23-43(65(48(35)59-46)26-29-8-9-29)50-58-37-21-34(24-44(68-4)45(37)61(50)3)52(67)62-17-13-30-12-16-53-39(30)27-62/h6-7,10-11,15,20-25,29-31,38-40,53,56H,5,8-9,12-14,16-19,26-28H2,1-4H3. The molecule has 6 aromatic heterocycles. The zero-order chi connectivity index (χ0) is 45.9. The van der Waals surface area contributed by atoms with Crippen molar-refractivity contribution in [3.8, 4) is 28.8 Å². The van der Waals surface area contributed by atoms with Gasteiger partial charge in [-0.3, -0.25) is 9.59 Å². The van der Waals surface area contributed by atoms with E-state index in [-0.39, 0.29) is 23.9 Å². The number of fused-ring (bicyclic) bond motifs is 6. The summed E-state index contributed by atoms with van der Waals surface area (Å²) in [5, 5.41) is 9.52. The molecule has 0 bridgehead atoms. The second-order valence-corrected chi connectivity index (χ2v) is 20.0. The zero-order valence-electron chi connectivity index (χ0n) is 39.2. The highest BCUT2D eigenvalue weighted by atomic mass is 16.5. The van der Waals surface area contributed by atoms with Gasteiger partial charge in [0.25, 0.3) is 11.8 Å². The Kier molecular flexibility index (Phi) is 9.76. The molecule has 68 heavy (non-hydrogen) atoms. The number of aryl methyl sites for hydroxylation is 3. The quantitative estimate of drug-likeness (QED) is 0.159. The third-order valence-corrected chi connectivity index (χ3v) is 16.0. The number of piperidine rings is 2. The second-order valence-electron chi connectivity index (χ2n) is 20.0. The number of nitrogens with zero attached hydrogens (tertiary/aromatic N) is 11. The molecule has 2 amide bonds. The van der Waals surface area contributed by atoms with Gasteiger partial charge in [-0.1, -0.05) is 0 Å². The molecule has 5 atom stereocenters. The van der Waals surface area contributed by atoms with Crippen molar-refractivity contribution in [2.75, 3.05) is 39.8 Å². The number of imidazole rings is 2. The Morgan fingerprint density at radius 1 is 0.750 bits per heavy atom. The van der Waals surface area contributed by atoms with Crippen molar-refractivity contribution in [2.24, 2.45) is 31.8 Å². The molecule has 1 aliphatic carbocycles. The largest absolute Gasteiger partial charge is 0.494 e. The van der Waals surface area contributed by atoms with Crippen LogP contribution in [0.5, 0.6) is 5.75 Å². The van der Waals surface area contributed by atoms with E-state index in [1.54, 1.807) is 7.11 Å². The lowest BCUT2D eigenvalue weighted by Gasteiger charge is -2.35. The molecule has 2 aromatic carbocycles. The van der Waals surface area contributed by atoms with Crippen LogP contribution in [-0.4, -0.2) is 117 Å². The number of ether oxygens (including phenoxy) is 1. The number of nitrogens with one attached hydrogen (secondary N) is 2. The molecule has 8 aromatic rings. The van der Waals surface area contributed by atoms with E-state index < -0.39 is 0 Å². The Hall–Kier alpha value is -6.65. The molecule has 10 heterocycles. The molecule has 5 unspecified atom stereocenters. The maximum absolute atomic E-state index is 14.2. The second kappa shape index (κ2) is 16.0. The lowest BCUT2D eigenvalue weighted by molar-refractivity contribution is 0.0662. The number of carbonyl (C=O) groups is 2. The maximum Gasteiger partial charge on any atom is 0.254 e. The van der Waals surface area contributed by atoms with Crippen LogP contribution in [0.25, 0.3) is 67.2 Å². The van der Waals surface area contributed by atoms with Crippen molar-refractivity contribution >= 4 is 55.9 Å². The van der Waals surface area contributed by atoms with Crippen LogP contribution in [0.15, 0.2) is 67.0 Å². The molecule has 5 aliphatic rings. The number of rotatable bonds is 9. The summed E-state index contributed by atoms with van der Waals surface area (Å²) in [6.07, 6.45) is 10.2. The van der Waals surface area contributed by atoms with Gasteiger partial charge in [0, 0.05) is 99.7 Å². The van der Waals surface area contributed by atoms with Crippen LogP contribution in [0, 0.1) is 17.8 Å². The molecule has 0 radical (unpaired) electrons. The zero-order valence-corrected chi connectivity index (χ0v) is 39.2. The molecule has 4 saturated heterocycles. The lowest BCUT2D eigenvalue weighted by atomic mass is 9.91. The summed E-state index contributed by atoms with van der Waals surface area (Å²) in [5.41, 5.74) is 8.46. The van der Waals surface area contributed by atoms with E-state index in [0.29, 0.717) is 53.8 Å². The highest BCUT2D eigenvalue weighted by Crippen LogP contribution is 2.40. The Morgan fingerprint density at radius 2 is 1.50 bits per heavy atom. The summed E-state index contributed by atoms with van der Waals surface area (Å²) in [6, 6.07) is 18.6. The van der Waals surface area contributed by atoms with Gasteiger partial charge in [0.2, 0.25) is 0 Å². The first kappa shape index (κ1) is 41.5. The van der Waals surface area contributed by atoms with Crippen molar-refractivity contribution in [3.05, 3.63) is 83.9 Å². The van der Waals surface area contributed by atoms with E-state index in [9.17, 15) is 9.59 Å². The van der Waals surface area contributed by atoms with E-state index in [1.165, 1.54) is 19.3 Å². The van der Waals surface area contributed by atoms with E-state index in [0.717, 1.165) is 125 Å². The molecule has 0 spiro atoms. The first-order chi connectivity index (χ1) is 33.2. The lowest BCUT2D eigenvalue weighted by Crippen LogP contribution is -2.48. The van der Waals surface area contributed by atoms with E-state index in [2.05, 4.69) is 59.0 Å². The predicted octanol–water partition coefficient (Wildman–Crippen LogP) is 6.72. The van der Waals surface area contributed by atoms with Crippen LogP contribution < -0.4 is 15.4 Å². The van der Waals surface area contributed by atoms with Crippen molar-refractivity contribution < 1.29 is 14.3 Å². The minimum Gasteiger partial charge on any atom is -0.494 e. The summed E-state index contributed by atoms with van der Waals surface area (Å²) in [5.74, 6) is 4.77. The Bertz CT molecular complexity index is 3340. The average Bonchev–Trinajstić information content (AvgIpc) is 3.88. The van der Waals surface area contributed by atoms with Crippen molar-refractivity contribution in [1.29, 1.82) is 0 Å². The average molecular weight is 912 g/mol. The van der Waals surface area contributed by atoms with E-state index in [1.807, 2.05) is 72.7 Å². The van der Waals surface area contributed by atoms with Crippen molar-refractivity contribution in [2.45, 2.75) is 76.7 Å². The van der Waals surface area contributed by atoms with Crippen LogP contribution >= 0.6 is 0 Å². The summed E-state index contributed by atoms with van der Waals surface area (Å²) in [6.45, 7) is 7.60. The summed E-state index contributed by atoms with van der Waals surface area (Å²) < 4.78 is 14.7. The molecule has 16 nitrogen and oxygen atoms in total. The van der Waals surface area contributed by atoms with Gasteiger partial charge >= 0.3 is 0 Å². The molecular formula is C52H57N13O3. The van der Waals surface area contributed by atoms with Gasteiger partial charge in [0.1, 0.15) is 28.4 Å². The number of pyridine rings is 1. The number of likely N-dealkylation sites (tertiary alicyclic amines) is 2. The van der Waals surface area contributed by atoms with E-state index >= 15 is 0 Å². The summed E-state index contributed by atoms with van der Waals surface area (Å²) >= 11 is 0. The van der Waals surface area contributed by atoms with Gasteiger partial charge in [-0.05, 0) is 124 Å². The predicted molar refractivity (Wildman–Crippen MR) is 260 cm³/mol. The molecule has 16 heteroatoms. The Morgan fingerprint density at radius 3 is 2.32 bits per heavy atom. The number of hydrogen-bond donors (Lipinski definition) is 2. The minimum absolute atomic E-state index is 0.0259. The van der Waals surface area contributed by atoms with Crippen LogP contribution in [0.1, 0.15) is 78.0 Å². The molecule has 4 aliphatic heterocycles. The van der Waals surface area contributed by atoms with Crippen LogP contribution in [0.2, 0.25) is 0 Å². The smallest absolute Gasteiger partial charge is 0.254 e. The molecule has 2 N–H and O–H groups in total. The fourth-order valence-corrected chi connectivity index (χ4v) is 12.2. The molecule has 5 fully saturated rings. The van der Waals surface area contributed by atoms with E-state index in [4.69, 9.17) is 24.7 Å². The number of hydrogen-bond acceptors (Lipinski definition) is 10. The van der Waals surface area contributed by atoms with Crippen molar-refractivity contribution in [1.82, 2.24) is 63.6 Å². The third kappa shape index (κ3) is 6.72. The Balaban J connectivity index is 0.752. The number of methoxy groups -OCH3 is 1. The maximum atomic E-state index is 14.2. The van der Waals surface area contributed by atoms with Gasteiger partial charge in [-0.25, -0.2) is 24.9 Å². The van der Waals surface area contributed by atoms with Gasteiger partial charge < -0.3 is 43.4 Å². The fourth-order valence-electron chi connectivity index (χ4n) is 12.2. The number of carbonyl (C=O) groups excluding carboxylic acids is 2. The monoisotopic (exact) mass is 911 g/mol. The van der Waals surface area contributed by atoms with Crippen molar-refractivity contribution in [3.63, 3.8) is 0 Å². The number of amides is 2. The molecule has 1 saturated carbocycles. The fraction of sp³-hybridized carbons (Fsp3) is 0.442. The first-order valence-electron chi connectivity index (χ1n) is 24.6. The van der Waals surface area contributed by atoms with Gasteiger partial charge in [0.05, 0.1) is 41.1 Å². The van der Waals surface area contributed by atoms with Crippen LogP contribution in [0.4, 0.5) is 0 Å². The molecule has 13 rings (SSSR count).